The average molecular weight is 287 g/mol. The van der Waals surface area contributed by atoms with Gasteiger partial charge in [0.1, 0.15) is 5.69 Å². The lowest BCUT2D eigenvalue weighted by Crippen LogP contribution is -2.30. The molecule has 3 rings (SSSR count). The largest absolute Gasteiger partial charge is 0.342 e. The molecule has 0 amide bonds. The predicted molar refractivity (Wildman–Crippen MR) is 79.3 cm³/mol. The summed E-state index contributed by atoms with van der Waals surface area (Å²) in [6.45, 7) is 4.79. The van der Waals surface area contributed by atoms with Crippen molar-refractivity contribution in [2.24, 2.45) is 0 Å². The van der Waals surface area contributed by atoms with Crippen LogP contribution in [0.4, 0.5) is 0 Å². The summed E-state index contributed by atoms with van der Waals surface area (Å²) in [6.07, 6.45) is 6.62. The zero-order valence-corrected chi connectivity index (χ0v) is 12.3. The van der Waals surface area contributed by atoms with Gasteiger partial charge in [-0.1, -0.05) is 12.1 Å². The molecule has 0 unspecified atom stereocenters. The molecule has 21 heavy (non-hydrogen) atoms. The lowest BCUT2D eigenvalue weighted by atomic mass is 10.1. The molecule has 1 N–H and O–H groups in total. The molecule has 6 heteroatoms. The van der Waals surface area contributed by atoms with Crippen LogP contribution in [0.1, 0.15) is 48.4 Å². The van der Waals surface area contributed by atoms with E-state index < -0.39 is 0 Å². The van der Waals surface area contributed by atoms with Gasteiger partial charge >= 0.3 is 0 Å². The van der Waals surface area contributed by atoms with Crippen molar-refractivity contribution in [3.8, 4) is 0 Å². The summed E-state index contributed by atoms with van der Waals surface area (Å²) < 4.78 is 3.81. The second-order valence-electron chi connectivity index (χ2n) is 5.45. The number of nitrogens with one attached hydrogen (secondary N) is 1. The number of carbonyl (C=O) groups is 1. The highest BCUT2D eigenvalue weighted by atomic mass is 16.1. The first-order valence-electron chi connectivity index (χ1n) is 7.62. The molecule has 2 aromatic heterocycles. The molecule has 1 aliphatic rings. The van der Waals surface area contributed by atoms with E-state index in [9.17, 15) is 4.79 Å². The van der Waals surface area contributed by atoms with Gasteiger partial charge in [0, 0.05) is 18.8 Å². The summed E-state index contributed by atoms with van der Waals surface area (Å²) in [7, 11) is 0. The van der Waals surface area contributed by atoms with E-state index in [1.165, 1.54) is 0 Å². The maximum absolute atomic E-state index is 12.8. The zero-order valence-electron chi connectivity index (χ0n) is 12.3. The van der Waals surface area contributed by atoms with Gasteiger partial charge in [-0.3, -0.25) is 4.79 Å². The quantitative estimate of drug-likeness (QED) is 0.849. The van der Waals surface area contributed by atoms with Crippen LogP contribution in [0.15, 0.2) is 24.5 Å². The number of ketones is 1. The van der Waals surface area contributed by atoms with E-state index in [0.717, 1.165) is 44.6 Å². The van der Waals surface area contributed by atoms with Crippen molar-refractivity contribution in [1.82, 2.24) is 24.9 Å². The number of rotatable bonds is 5. The Kier molecular flexibility index (Phi) is 4.15. The number of hydrogen-bond donors (Lipinski definition) is 1. The van der Waals surface area contributed by atoms with Gasteiger partial charge in [0.15, 0.2) is 0 Å². The smallest absolute Gasteiger partial charge is 0.229 e. The Morgan fingerprint density at radius 3 is 2.95 bits per heavy atom. The average Bonchev–Trinajstić information content (AvgIpc) is 3.17. The molecule has 3 heterocycles. The SMILES string of the molecule is CCCn1nncc1C(=O)c1cccn1C1CCNCC1. The maximum Gasteiger partial charge on any atom is 0.229 e. The van der Waals surface area contributed by atoms with Gasteiger partial charge in [-0.25, -0.2) is 4.68 Å². The topological polar surface area (TPSA) is 64.7 Å². The fourth-order valence-electron chi connectivity index (χ4n) is 2.93. The summed E-state index contributed by atoms with van der Waals surface area (Å²) in [5, 5.41) is 11.2. The van der Waals surface area contributed by atoms with E-state index in [-0.39, 0.29) is 5.78 Å². The minimum atomic E-state index is 0.0111. The van der Waals surface area contributed by atoms with E-state index in [2.05, 4.69) is 27.1 Å². The Balaban J connectivity index is 1.88. The molecule has 1 fully saturated rings. The molecule has 0 radical (unpaired) electrons. The molecule has 0 bridgehead atoms. The number of hydrogen-bond acceptors (Lipinski definition) is 4. The lowest BCUT2D eigenvalue weighted by molar-refractivity contribution is 0.101. The van der Waals surface area contributed by atoms with Crippen LogP contribution in [0.2, 0.25) is 0 Å². The third kappa shape index (κ3) is 2.76. The van der Waals surface area contributed by atoms with Crippen LogP contribution in [0.5, 0.6) is 0 Å². The van der Waals surface area contributed by atoms with Gasteiger partial charge in [-0.05, 0) is 44.5 Å². The van der Waals surface area contributed by atoms with Crippen molar-refractivity contribution in [1.29, 1.82) is 0 Å². The molecular weight excluding hydrogens is 266 g/mol. The van der Waals surface area contributed by atoms with Gasteiger partial charge < -0.3 is 9.88 Å². The van der Waals surface area contributed by atoms with Crippen molar-refractivity contribution in [2.75, 3.05) is 13.1 Å². The van der Waals surface area contributed by atoms with Gasteiger partial charge in [0.2, 0.25) is 5.78 Å². The third-order valence-electron chi connectivity index (χ3n) is 4.00. The number of aryl methyl sites for hydroxylation is 1. The van der Waals surface area contributed by atoms with E-state index >= 15 is 0 Å². The Bertz CT molecular complexity index is 609. The first kappa shape index (κ1) is 14.0. The number of aromatic nitrogens is 4. The Labute approximate surface area is 124 Å². The minimum Gasteiger partial charge on any atom is -0.342 e. The first-order chi connectivity index (χ1) is 10.3. The molecule has 0 aliphatic carbocycles. The van der Waals surface area contributed by atoms with Crippen LogP contribution < -0.4 is 5.32 Å². The Morgan fingerprint density at radius 1 is 1.38 bits per heavy atom. The number of piperidine rings is 1. The zero-order chi connectivity index (χ0) is 14.7. The van der Waals surface area contributed by atoms with Crippen LogP contribution in [-0.4, -0.2) is 38.4 Å². The highest BCUT2D eigenvalue weighted by Crippen LogP contribution is 2.22. The minimum absolute atomic E-state index is 0.0111. The molecule has 0 saturated carbocycles. The van der Waals surface area contributed by atoms with Crippen molar-refractivity contribution >= 4 is 5.78 Å². The Hall–Kier alpha value is -1.95. The number of nitrogens with zero attached hydrogens (tertiary/aromatic N) is 4. The van der Waals surface area contributed by atoms with E-state index in [1.54, 1.807) is 10.9 Å². The first-order valence-corrected chi connectivity index (χ1v) is 7.62. The normalized spacial score (nSPS) is 16.2. The summed E-state index contributed by atoms with van der Waals surface area (Å²) >= 11 is 0. The monoisotopic (exact) mass is 287 g/mol. The fraction of sp³-hybridized carbons (Fsp3) is 0.533. The molecule has 112 valence electrons. The summed E-state index contributed by atoms with van der Waals surface area (Å²) in [5.74, 6) is 0.0111. The highest BCUT2D eigenvalue weighted by molar-refractivity contribution is 6.06. The van der Waals surface area contributed by atoms with Crippen molar-refractivity contribution < 1.29 is 4.79 Å². The molecule has 1 saturated heterocycles. The van der Waals surface area contributed by atoms with E-state index in [4.69, 9.17) is 0 Å². The van der Waals surface area contributed by atoms with Crippen LogP contribution in [0.3, 0.4) is 0 Å². The molecule has 1 aliphatic heterocycles. The second-order valence-corrected chi connectivity index (χ2v) is 5.45. The van der Waals surface area contributed by atoms with Crippen LogP contribution in [0, 0.1) is 0 Å². The number of carbonyl (C=O) groups excluding carboxylic acids is 1. The molecule has 2 aromatic rings. The van der Waals surface area contributed by atoms with E-state index in [0.29, 0.717) is 11.7 Å². The second kappa shape index (κ2) is 6.22. The van der Waals surface area contributed by atoms with Crippen LogP contribution >= 0.6 is 0 Å². The molecule has 0 atom stereocenters. The van der Waals surface area contributed by atoms with Gasteiger partial charge in [0.05, 0.1) is 11.9 Å². The summed E-state index contributed by atoms with van der Waals surface area (Å²) in [4.78, 5) is 12.8. The highest BCUT2D eigenvalue weighted by Gasteiger charge is 2.23. The van der Waals surface area contributed by atoms with Gasteiger partial charge in [0.25, 0.3) is 0 Å². The summed E-state index contributed by atoms with van der Waals surface area (Å²) in [5.41, 5.74) is 1.31. The fourth-order valence-corrected chi connectivity index (χ4v) is 2.93. The van der Waals surface area contributed by atoms with E-state index in [1.807, 2.05) is 18.3 Å². The lowest BCUT2D eigenvalue weighted by Gasteiger charge is -2.25. The predicted octanol–water partition coefficient (Wildman–Crippen LogP) is 1.65. The Morgan fingerprint density at radius 2 is 2.19 bits per heavy atom. The third-order valence-corrected chi connectivity index (χ3v) is 4.00. The maximum atomic E-state index is 12.8. The molecule has 6 nitrogen and oxygen atoms in total. The van der Waals surface area contributed by atoms with Crippen molar-refractivity contribution in [2.45, 2.75) is 38.8 Å². The van der Waals surface area contributed by atoms with Crippen molar-refractivity contribution in [3.05, 3.63) is 35.9 Å². The molecular formula is C15H21N5O. The van der Waals surface area contributed by atoms with Crippen LogP contribution in [0.25, 0.3) is 0 Å². The van der Waals surface area contributed by atoms with Gasteiger partial charge in [-0.15, -0.1) is 5.10 Å². The van der Waals surface area contributed by atoms with Crippen molar-refractivity contribution in [3.63, 3.8) is 0 Å². The molecule has 0 aromatic carbocycles. The standard InChI is InChI=1S/C15H21N5O/c1-2-9-20-14(11-17-18-20)15(21)13-4-3-10-19(13)12-5-7-16-8-6-12/h3-4,10-12,16H,2,5-9H2,1H3. The van der Waals surface area contributed by atoms with Crippen LogP contribution in [-0.2, 0) is 6.54 Å². The molecule has 0 spiro atoms. The van der Waals surface area contributed by atoms with Gasteiger partial charge in [-0.2, -0.15) is 0 Å². The summed E-state index contributed by atoms with van der Waals surface area (Å²) in [6, 6.07) is 4.24.